The van der Waals surface area contributed by atoms with Crippen molar-refractivity contribution >= 4 is 22.8 Å². The van der Waals surface area contributed by atoms with Crippen molar-refractivity contribution in [3.63, 3.8) is 0 Å². The van der Waals surface area contributed by atoms with E-state index in [1.54, 1.807) is 21.8 Å². The van der Waals surface area contributed by atoms with Gasteiger partial charge in [0.25, 0.3) is 0 Å². The molecule has 0 aromatic carbocycles. The Balaban J connectivity index is 1.86. The van der Waals surface area contributed by atoms with Crippen LogP contribution in [0.2, 0.25) is 0 Å². The molecule has 1 fully saturated rings. The highest BCUT2D eigenvalue weighted by Crippen LogP contribution is 2.34. The van der Waals surface area contributed by atoms with E-state index in [2.05, 4.69) is 27.7 Å². The van der Waals surface area contributed by atoms with Crippen LogP contribution in [0.3, 0.4) is 0 Å². The average molecular weight is 566 g/mol. The van der Waals surface area contributed by atoms with Crippen LogP contribution in [0.4, 0.5) is 5.82 Å². The number of hydrogen-bond acceptors (Lipinski definition) is 8. The molecular weight excluding hydrogens is 530 g/mol. The molecule has 0 spiro atoms. The normalized spacial score (nSPS) is 17.1. The van der Waals surface area contributed by atoms with Crippen molar-refractivity contribution in [2.24, 2.45) is 7.05 Å². The maximum Gasteiger partial charge on any atom is 0.355 e. The van der Waals surface area contributed by atoms with Crippen molar-refractivity contribution in [2.75, 3.05) is 18.0 Å². The fourth-order valence-electron chi connectivity index (χ4n) is 5.80. The van der Waals surface area contributed by atoms with E-state index in [0.717, 1.165) is 17.0 Å². The summed E-state index contributed by atoms with van der Waals surface area (Å²) in [6.07, 6.45) is 4.88. The van der Waals surface area contributed by atoms with Crippen molar-refractivity contribution < 1.29 is 4.79 Å². The van der Waals surface area contributed by atoms with E-state index in [-0.39, 0.29) is 23.9 Å². The maximum absolute atomic E-state index is 14.1. The summed E-state index contributed by atoms with van der Waals surface area (Å²) in [5, 5.41) is 15.3. The minimum atomic E-state index is -0.494. The molecule has 11 nitrogen and oxygen atoms in total. The molecule has 11 heteroatoms. The molecule has 1 aliphatic rings. The number of fused-ring (bicyclic) bond motifs is 1. The number of aryl methyl sites for hydroxylation is 3. The number of amides is 1. The van der Waals surface area contributed by atoms with Gasteiger partial charge in [-0.1, -0.05) is 20.4 Å². The second-order valence-electron chi connectivity index (χ2n) is 11.3. The molecular formula is C31H35N9O2. The summed E-state index contributed by atoms with van der Waals surface area (Å²) in [6.45, 7) is 16.3. The Morgan fingerprint density at radius 3 is 2.55 bits per heavy atom. The SMILES string of the molecule is C=CC(=O)N1C[C@H](C)N(c2nc(=O)n(-c3c(C)ccnc3C(C)C)c3nc(-c4cn(C)nc4C)c(C#N)cc23)C[C@H]1C. The van der Waals surface area contributed by atoms with Crippen molar-refractivity contribution in [3.05, 3.63) is 70.2 Å². The predicted molar refractivity (Wildman–Crippen MR) is 162 cm³/mol. The Kier molecular flexibility index (Phi) is 7.41. The molecule has 0 radical (unpaired) electrons. The van der Waals surface area contributed by atoms with Crippen LogP contribution in [0.25, 0.3) is 28.0 Å². The van der Waals surface area contributed by atoms with Crippen LogP contribution in [0.15, 0.2) is 42.0 Å². The van der Waals surface area contributed by atoms with E-state index < -0.39 is 5.69 Å². The van der Waals surface area contributed by atoms with Gasteiger partial charge in [0.15, 0.2) is 5.65 Å². The molecule has 5 rings (SSSR count). The van der Waals surface area contributed by atoms with Gasteiger partial charge in [-0.15, -0.1) is 0 Å². The van der Waals surface area contributed by atoms with Crippen LogP contribution in [0, 0.1) is 25.2 Å². The molecule has 0 N–H and O–H groups in total. The summed E-state index contributed by atoms with van der Waals surface area (Å²) in [5.41, 5.74) is 4.34. The first-order valence-electron chi connectivity index (χ1n) is 14.0. The van der Waals surface area contributed by atoms with Gasteiger partial charge in [-0.25, -0.2) is 14.3 Å². The second-order valence-corrected chi connectivity index (χ2v) is 11.3. The van der Waals surface area contributed by atoms with E-state index >= 15 is 0 Å². The first kappa shape index (κ1) is 28.7. The van der Waals surface area contributed by atoms with Gasteiger partial charge in [-0.05, 0) is 57.4 Å². The fraction of sp³-hybridized carbons (Fsp3) is 0.387. The van der Waals surface area contributed by atoms with E-state index in [9.17, 15) is 14.9 Å². The van der Waals surface area contributed by atoms with Crippen LogP contribution in [-0.2, 0) is 11.8 Å². The van der Waals surface area contributed by atoms with Gasteiger partial charge < -0.3 is 9.80 Å². The van der Waals surface area contributed by atoms with Gasteiger partial charge >= 0.3 is 5.69 Å². The number of piperazine rings is 1. The highest BCUT2D eigenvalue weighted by Gasteiger charge is 2.34. The fourth-order valence-corrected chi connectivity index (χ4v) is 5.80. The summed E-state index contributed by atoms with van der Waals surface area (Å²) in [4.78, 5) is 44.7. The number of aromatic nitrogens is 6. The minimum absolute atomic E-state index is 0.0243. The molecule has 4 aromatic rings. The number of carbonyl (C=O) groups excluding carboxylic acids is 1. The number of nitrogens with zero attached hydrogens (tertiary/aromatic N) is 9. The standard InChI is InChI=1S/C31H35N9O2/c1-9-25(41)38-14-20(6)39(15-19(38)5)29-23-12-22(13-32)27(24-16-37(8)36-21(24)7)34-30(23)40(31(42)35-29)28-18(4)10-11-33-26(28)17(2)3/h9-12,16-17,19-20H,1,14-15H2,2-8H3/t19-,20+/m1/s1. The molecule has 1 saturated heterocycles. The average Bonchev–Trinajstić information content (AvgIpc) is 3.30. The van der Waals surface area contributed by atoms with Crippen LogP contribution < -0.4 is 10.6 Å². The van der Waals surface area contributed by atoms with E-state index in [4.69, 9.17) is 4.98 Å². The Morgan fingerprint density at radius 1 is 1.19 bits per heavy atom. The van der Waals surface area contributed by atoms with Crippen molar-refractivity contribution in [3.8, 4) is 23.0 Å². The van der Waals surface area contributed by atoms with Gasteiger partial charge in [0.2, 0.25) is 5.91 Å². The molecule has 1 amide bonds. The largest absolute Gasteiger partial charge is 0.355 e. The molecule has 5 heterocycles. The molecule has 4 aromatic heterocycles. The summed E-state index contributed by atoms with van der Waals surface area (Å²) < 4.78 is 3.20. The predicted octanol–water partition coefficient (Wildman–Crippen LogP) is 3.80. The van der Waals surface area contributed by atoms with Crippen LogP contribution in [-0.4, -0.2) is 65.3 Å². The van der Waals surface area contributed by atoms with Gasteiger partial charge in [-0.3, -0.25) is 14.5 Å². The highest BCUT2D eigenvalue weighted by molar-refractivity contribution is 5.93. The topological polar surface area (TPSA) is 126 Å². The molecule has 0 saturated carbocycles. The minimum Gasteiger partial charge on any atom is -0.349 e. The molecule has 0 unspecified atom stereocenters. The Labute approximate surface area is 244 Å². The molecule has 1 aliphatic heterocycles. The number of pyridine rings is 2. The van der Waals surface area contributed by atoms with Crippen LogP contribution in [0.5, 0.6) is 0 Å². The van der Waals surface area contributed by atoms with Crippen molar-refractivity contribution in [1.29, 1.82) is 5.26 Å². The lowest BCUT2D eigenvalue weighted by atomic mass is 10.0. The smallest absolute Gasteiger partial charge is 0.349 e. The second kappa shape index (κ2) is 10.9. The number of anilines is 1. The molecule has 42 heavy (non-hydrogen) atoms. The third-order valence-electron chi connectivity index (χ3n) is 7.88. The number of carbonyl (C=O) groups is 1. The van der Waals surface area contributed by atoms with Gasteiger partial charge in [0, 0.05) is 50.2 Å². The molecule has 0 aliphatic carbocycles. The lowest BCUT2D eigenvalue weighted by molar-refractivity contribution is -0.128. The highest BCUT2D eigenvalue weighted by atomic mass is 16.2. The van der Waals surface area contributed by atoms with E-state index in [1.807, 2.05) is 65.8 Å². The lowest BCUT2D eigenvalue weighted by Crippen LogP contribution is -2.58. The van der Waals surface area contributed by atoms with Gasteiger partial charge in [0.1, 0.15) is 11.9 Å². The van der Waals surface area contributed by atoms with E-state index in [1.165, 1.54) is 10.6 Å². The number of nitriles is 1. The zero-order chi connectivity index (χ0) is 30.5. The summed E-state index contributed by atoms with van der Waals surface area (Å²) in [7, 11) is 1.81. The lowest BCUT2D eigenvalue weighted by Gasteiger charge is -2.44. The van der Waals surface area contributed by atoms with Gasteiger partial charge in [-0.2, -0.15) is 15.3 Å². The molecule has 2 atom stereocenters. The van der Waals surface area contributed by atoms with Gasteiger partial charge in [0.05, 0.1) is 33.7 Å². The first-order valence-corrected chi connectivity index (χ1v) is 14.0. The molecule has 0 bridgehead atoms. The zero-order valence-electron chi connectivity index (χ0n) is 25.1. The monoisotopic (exact) mass is 565 g/mol. The first-order chi connectivity index (χ1) is 20.0. The van der Waals surface area contributed by atoms with Crippen molar-refractivity contribution in [2.45, 2.75) is 59.5 Å². The van der Waals surface area contributed by atoms with Crippen molar-refractivity contribution in [1.82, 2.24) is 34.2 Å². The number of rotatable bonds is 5. The maximum atomic E-state index is 14.1. The Morgan fingerprint density at radius 2 is 1.93 bits per heavy atom. The Bertz CT molecular complexity index is 1830. The Hall–Kier alpha value is -4.85. The molecule has 216 valence electrons. The summed E-state index contributed by atoms with van der Waals surface area (Å²) >= 11 is 0. The summed E-state index contributed by atoms with van der Waals surface area (Å²) in [6, 6.07) is 5.63. The third-order valence-corrected chi connectivity index (χ3v) is 7.88. The van der Waals surface area contributed by atoms with Crippen LogP contribution in [0.1, 0.15) is 56.1 Å². The third kappa shape index (κ3) is 4.72. The zero-order valence-corrected chi connectivity index (χ0v) is 25.1. The number of hydrogen-bond donors (Lipinski definition) is 0. The summed E-state index contributed by atoms with van der Waals surface area (Å²) in [5.74, 6) is 0.319. The van der Waals surface area contributed by atoms with E-state index in [0.29, 0.717) is 52.4 Å². The van der Waals surface area contributed by atoms with Crippen LogP contribution >= 0.6 is 0 Å². The quantitative estimate of drug-likeness (QED) is 0.335.